The van der Waals surface area contributed by atoms with E-state index in [2.05, 4.69) is 16.0 Å². The minimum atomic E-state index is -0.449. The van der Waals surface area contributed by atoms with Crippen molar-refractivity contribution in [1.82, 2.24) is 0 Å². The van der Waals surface area contributed by atoms with Crippen LogP contribution < -0.4 is 25.4 Å². The number of anilines is 3. The van der Waals surface area contributed by atoms with Crippen molar-refractivity contribution >= 4 is 29.0 Å². The van der Waals surface area contributed by atoms with Gasteiger partial charge in [-0.2, -0.15) is 0 Å². The van der Waals surface area contributed by atoms with Gasteiger partial charge in [-0.3, -0.25) is 4.79 Å². The number of fused-ring (bicyclic) bond motifs is 2. The molecule has 0 aliphatic carbocycles. The number of hydrogen-bond acceptors (Lipinski definition) is 4. The van der Waals surface area contributed by atoms with Gasteiger partial charge in [-0.05, 0) is 49.4 Å². The summed E-state index contributed by atoms with van der Waals surface area (Å²) in [6.45, 7) is 2.36. The molecule has 0 aromatic heterocycles. The molecule has 1 aliphatic heterocycles. The number of rotatable bonds is 4. The molecule has 0 bridgehead atoms. The normalized spacial score (nSPS) is 11.8. The Labute approximate surface area is 167 Å². The summed E-state index contributed by atoms with van der Waals surface area (Å²) in [5.74, 6) is 1.25. The quantitative estimate of drug-likeness (QED) is 0.580. The Morgan fingerprint density at radius 2 is 1.79 bits per heavy atom. The largest absolute Gasteiger partial charge is 0.492 e. The van der Waals surface area contributed by atoms with Crippen molar-refractivity contribution in [3.63, 3.8) is 0 Å². The monoisotopic (exact) mass is 389 g/mol. The lowest BCUT2D eigenvalue weighted by atomic mass is 10.1. The Morgan fingerprint density at radius 3 is 2.66 bits per heavy atom. The van der Waals surface area contributed by atoms with Crippen LogP contribution in [0.4, 0.5) is 21.9 Å². The molecule has 3 amide bonds. The first-order valence-electron chi connectivity index (χ1n) is 9.16. The van der Waals surface area contributed by atoms with Crippen LogP contribution in [0.25, 0.3) is 0 Å². The third kappa shape index (κ3) is 3.98. The van der Waals surface area contributed by atoms with Gasteiger partial charge in [0.05, 0.1) is 23.5 Å². The topological polar surface area (TPSA) is 88.7 Å². The molecule has 0 saturated carbocycles. The summed E-state index contributed by atoms with van der Waals surface area (Å²) in [6, 6.07) is 18.8. The molecule has 0 fully saturated rings. The average molecular weight is 389 g/mol. The van der Waals surface area contributed by atoms with Crippen molar-refractivity contribution in [2.45, 2.75) is 6.92 Å². The fourth-order valence-corrected chi connectivity index (χ4v) is 2.98. The second kappa shape index (κ2) is 7.93. The van der Waals surface area contributed by atoms with Crippen LogP contribution in [0.5, 0.6) is 17.2 Å². The van der Waals surface area contributed by atoms with E-state index in [0.29, 0.717) is 46.5 Å². The van der Waals surface area contributed by atoms with Crippen molar-refractivity contribution in [3.8, 4) is 17.2 Å². The molecule has 3 aromatic rings. The number of para-hydroxylation sites is 4. The van der Waals surface area contributed by atoms with Gasteiger partial charge in [0.1, 0.15) is 11.5 Å². The Bertz CT molecular complexity index is 1080. The minimum absolute atomic E-state index is 0.310. The van der Waals surface area contributed by atoms with Gasteiger partial charge in [-0.1, -0.05) is 24.3 Å². The second-order valence-electron chi connectivity index (χ2n) is 6.27. The number of amides is 3. The van der Waals surface area contributed by atoms with Crippen LogP contribution in [-0.4, -0.2) is 18.5 Å². The highest BCUT2D eigenvalue weighted by atomic mass is 16.5. The van der Waals surface area contributed by atoms with Crippen molar-refractivity contribution in [2.75, 3.05) is 22.6 Å². The van der Waals surface area contributed by atoms with E-state index in [1.807, 2.05) is 25.1 Å². The molecule has 0 atom stereocenters. The first-order chi connectivity index (χ1) is 14.1. The van der Waals surface area contributed by atoms with Crippen molar-refractivity contribution in [1.29, 1.82) is 0 Å². The average Bonchev–Trinajstić information content (AvgIpc) is 2.85. The standard InChI is InChI=1S/C22H19N3O4/c1-2-28-19-9-5-3-7-16(19)25-22(27)23-14-11-12-18-15(13-14)21(26)24-17-8-4-6-10-20(17)29-18/h3-13H,2H2,1H3,(H,24,26)(H2,23,25,27). The molecule has 29 heavy (non-hydrogen) atoms. The van der Waals surface area contributed by atoms with Crippen LogP contribution in [0.2, 0.25) is 0 Å². The van der Waals surface area contributed by atoms with E-state index in [1.165, 1.54) is 0 Å². The van der Waals surface area contributed by atoms with Gasteiger partial charge < -0.3 is 25.4 Å². The molecule has 3 N–H and O–H groups in total. The highest BCUT2D eigenvalue weighted by molar-refractivity contribution is 6.09. The van der Waals surface area contributed by atoms with E-state index in [-0.39, 0.29) is 5.91 Å². The van der Waals surface area contributed by atoms with Crippen LogP contribution >= 0.6 is 0 Å². The lowest BCUT2D eigenvalue weighted by Crippen LogP contribution is -2.20. The minimum Gasteiger partial charge on any atom is -0.492 e. The molecular formula is C22H19N3O4. The van der Waals surface area contributed by atoms with E-state index in [1.54, 1.807) is 48.5 Å². The predicted molar refractivity (Wildman–Crippen MR) is 111 cm³/mol. The van der Waals surface area contributed by atoms with E-state index in [0.717, 1.165) is 0 Å². The maximum absolute atomic E-state index is 12.6. The lowest BCUT2D eigenvalue weighted by molar-refractivity contribution is 0.102. The summed E-state index contributed by atoms with van der Waals surface area (Å²) in [7, 11) is 0. The summed E-state index contributed by atoms with van der Waals surface area (Å²) in [5, 5.41) is 8.30. The molecule has 1 heterocycles. The van der Waals surface area contributed by atoms with Gasteiger partial charge in [-0.25, -0.2) is 4.79 Å². The zero-order valence-electron chi connectivity index (χ0n) is 15.7. The molecule has 146 valence electrons. The maximum atomic E-state index is 12.6. The number of nitrogens with one attached hydrogen (secondary N) is 3. The summed E-state index contributed by atoms with van der Waals surface area (Å²) < 4.78 is 11.4. The summed E-state index contributed by atoms with van der Waals surface area (Å²) in [5.41, 5.74) is 1.93. The van der Waals surface area contributed by atoms with Gasteiger partial charge in [0, 0.05) is 5.69 Å². The fraction of sp³-hybridized carbons (Fsp3) is 0.0909. The van der Waals surface area contributed by atoms with Gasteiger partial charge in [0.25, 0.3) is 5.91 Å². The third-order valence-electron chi connectivity index (χ3n) is 4.27. The number of benzene rings is 3. The molecule has 0 unspecified atom stereocenters. The summed E-state index contributed by atoms with van der Waals surface area (Å²) in [4.78, 5) is 25.0. The van der Waals surface area contributed by atoms with Crippen LogP contribution in [0, 0.1) is 0 Å². The van der Waals surface area contributed by atoms with Crippen LogP contribution in [-0.2, 0) is 0 Å². The van der Waals surface area contributed by atoms with E-state index >= 15 is 0 Å². The van der Waals surface area contributed by atoms with Crippen LogP contribution in [0.15, 0.2) is 66.7 Å². The number of hydrogen-bond donors (Lipinski definition) is 3. The summed E-state index contributed by atoms with van der Waals surface area (Å²) >= 11 is 0. The zero-order valence-corrected chi connectivity index (χ0v) is 15.7. The SMILES string of the molecule is CCOc1ccccc1NC(=O)Nc1ccc2c(c1)C(=O)Nc1ccccc1O2. The van der Waals surface area contributed by atoms with Gasteiger partial charge >= 0.3 is 6.03 Å². The van der Waals surface area contributed by atoms with E-state index < -0.39 is 6.03 Å². The maximum Gasteiger partial charge on any atom is 0.323 e. The number of carbonyl (C=O) groups excluding carboxylic acids is 2. The molecule has 1 aliphatic rings. The van der Waals surface area contributed by atoms with Gasteiger partial charge in [0.2, 0.25) is 0 Å². The molecule has 7 heteroatoms. The Balaban J connectivity index is 1.52. The van der Waals surface area contributed by atoms with Crippen LogP contribution in [0.1, 0.15) is 17.3 Å². The molecule has 0 radical (unpaired) electrons. The highest BCUT2D eigenvalue weighted by Gasteiger charge is 2.21. The molecule has 0 spiro atoms. The Morgan fingerprint density at radius 1 is 1.00 bits per heavy atom. The smallest absolute Gasteiger partial charge is 0.323 e. The lowest BCUT2D eigenvalue weighted by Gasteiger charge is -2.13. The van der Waals surface area contributed by atoms with Crippen molar-refractivity contribution in [3.05, 3.63) is 72.3 Å². The van der Waals surface area contributed by atoms with Crippen LogP contribution in [0.3, 0.4) is 0 Å². The van der Waals surface area contributed by atoms with Gasteiger partial charge in [-0.15, -0.1) is 0 Å². The Kier molecular flexibility index (Phi) is 5.03. The fourth-order valence-electron chi connectivity index (χ4n) is 2.98. The van der Waals surface area contributed by atoms with Gasteiger partial charge in [0.15, 0.2) is 5.75 Å². The van der Waals surface area contributed by atoms with E-state index in [9.17, 15) is 9.59 Å². The predicted octanol–water partition coefficient (Wildman–Crippen LogP) is 5.09. The highest BCUT2D eigenvalue weighted by Crippen LogP contribution is 2.36. The van der Waals surface area contributed by atoms with E-state index in [4.69, 9.17) is 9.47 Å². The third-order valence-corrected chi connectivity index (χ3v) is 4.27. The molecule has 7 nitrogen and oxygen atoms in total. The van der Waals surface area contributed by atoms with Crippen molar-refractivity contribution < 1.29 is 19.1 Å². The molecular weight excluding hydrogens is 370 g/mol. The molecule has 0 saturated heterocycles. The second-order valence-corrected chi connectivity index (χ2v) is 6.27. The number of carbonyl (C=O) groups is 2. The summed E-state index contributed by atoms with van der Waals surface area (Å²) in [6.07, 6.45) is 0. The Hall–Kier alpha value is -4.00. The zero-order chi connectivity index (χ0) is 20.2. The van der Waals surface area contributed by atoms with Crippen molar-refractivity contribution in [2.24, 2.45) is 0 Å². The first-order valence-corrected chi connectivity index (χ1v) is 9.16. The number of ether oxygens (including phenoxy) is 2. The number of urea groups is 1. The molecule has 3 aromatic carbocycles. The first kappa shape index (κ1) is 18.4. The molecule has 4 rings (SSSR count).